The molecule has 4 aromatic heterocycles. The number of hydrogen-bond donors (Lipinski definition) is 0. The maximum absolute atomic E-state index is 14.5. The summed E-state index contributed by atoms with van der Waals surface area (Å²) in [5.74, 6) is 2.26. The second kappa shape index (κ2) is 9.55. The zero-order chi connectivity index (χ0) is 25.5. The van der Waals surface area contributed by atoms with Crippen LogP contribution in [-0.2, 0) is 0 Å². The summed E-state index contributed by atoms with van der Waals surface area (Å²) in [6.45, 7) is 3.78. The highest BCUT2D eigenvalue weighted by Crippen LogP contribution is 2.38. The van der Waals surface area contributed by atoms with Gasteiger partial charge in [0.1, 0.15) is 22.8 Å². The molecule has 1 fully saturated rings. The maximum atomic E-state index is 14.5. The molecule has 0 saturated carbocycles. The standard InChI is InChI=1S/C26H26FN5O4S/c1-15-7-19(27)24(28-11-15)31-6-4-5-16(12-31)14-35-21-8-17(33-2)9-22-18(21)10-23(36-22)20-13-32-25(29-20)37-26(30-32)34-3/h7-11,13,16H,4-6,12,14H2,1-3H3. The van der Waals surface area contributed by atoms with Gasteiger partial charge in [-0.1, -0.05) is 0 Å². The Kier molecular flexibility index (Phi) is 6.07. The van der Waals surface area contributed by atoms with Crippen LogP contribution in [0.1, 0.15) is 18.4 Å². The third-order valence-electron chi connectivity index (χ3n) is 6.51. The molecule has 9 nitrogen and oxygen atoms in total. The van der Waals surface area contributed by atoms with Crippen LogP contribution in [0.5, 0.6) is 16.7 Å². The minimum absolute atomic E-state index is 0.227. The number of ether oxygens (including phenoxy) is 3. The first kappa shape index (κ1) is 23.5. The monoisotopic (exact) mass is 523 g/mol. The van der Waals surface area contributed by atoms with Gasteiger partial charge in [0.15, 0.2) is 17.4 Å². The number of benzene rings is 1. The smallest absolute Gasteiger partial charge is 0.294 e. The number of piperidine rings is 1. The minimum Gasteiger partial charge on any atom is -0.496 e. The summed E-state index contributed by atoms with van der Waals surface area (Å²) < 4.78 is 39.3. The Morgan fingerprint density at radius 1 is 1.19 bits per heavy atom. The SMILES string of the molecule is COc1cc(OCC2CCCN(c3ncc(C)cc3F)C2)c2cc(-c3cn4nc(OC)sc4n3)oc2c1. The van der Waals surface area contributed by atoms with E-state index in [4.69, 9.17) is 18.6 Å². The lowest BCUT2D eigenvalue weighted by atomic mass is 9.99. The Morgan fingerprint density at radius 3 is 2.86 bits per heavy atom. The summed E-state index contributed by atoms with van der Waals surface area (Å²) in [7, 11) is 3.19. The predicted molar refractivity (Wildman–Crippen MR) is 139 cm³/mol. The van der Waals surface area contributed by atoms with Gasteiger partial charge in [-0.2, -0.15) is 0 Å². The van der Waals surface area contributed by atoms with Crippen LogP contribution in [0.3, 0.4) is 0 Å². The molecule has 192 valence electrons. The molecule has 1 aliphatic rings. The Labute approximate surface area is 216 Å². The Balaban J connectivity index is 1.23. The Hall–Kier alpha value is -3.86. The summed E-state index contributed by atoms with van der Waals surface area (Å²) in [6.07, 6.45) is 5.45. The number of rotatable bonds is 7. The van der Waals surface area contributed by atoms with Gasteiger partial charge in [0.05, 0.1) is 32.4 Å². The first-order valence-corrected chi connectivity index (χ1v) is 12.8. The molecule has 0 N–H and O–H groups in total. The predicted octanol–water partition coefficient (Wildman–Crippen LogP) is 5.36. The number of pyridine rings is 1. The Bertz CT molecular complexity index is 1550. The number of imidazole rings is 1. The summed E-state index contributed by atoms with van der Waals surface area (Å²) in [6, 6.07) is 7.15. The zero-order valence-corrected chi connectivity index (χ0v) is 21.5. The number of anilines is 1. The number of furan rings is 1. The van der Waals surface area contributed by atoms with E-state index in [0.29, 0.717) is 57.7 Å². The first-order valence-electron chi connectivity index (χ1n) is 12.0. The van der Waals surface area contributed by atoms with E-state index >= 15 is 0 Å². The van der Waals surface area contributed by atoms with Gasteiger partial charge in [0.25, 0.3) is 5.19 Å². The van der Waals surface area contributed by atoms with Gasteiger partial charge in [-0.25, -0.2) is 18.9 Å². The third kappa shape index (κ3) is 4.55. The number of halogens is 1. The van der Waals surface area contributed by atoms with Crippen molar-refractivity contribution >= 4 is 33.1 Å². The van der Waals surface area contributed by atoms with Gasteiger partial charge >= 0.3 is 0 Å². The van der Waals surface area contributed by atoms with E-state index in [2.05, 4.69) is 15.1 Å². The molecule has 0 bridgehead atoms. The average molecular weight is 524 g/mol. The van der Waals surface area contributed by atoms with Crippen LogP contribution in [0.2, 0.25) is 0 Å². The van der Waals surface area contributed by atoms with Gasteiger partial charge < -0.3 is 23.5 Å². The van der Waals surface area contributed by atoms with Crippen molar-refractivity contribution in [1.82, 2.24) is 19.6 Å². The molecule has 0 aliphatic carbocycles. The first-order chi connectivity index (χ1) is 18.0. The fourth-order valence-electron chi connectivity index (χ4n) is 4.69. The highest BCUT2D eigenvalue weighted by Gasteiger charge is 2.24. The molecular weight excluding hydrogens is 497 g/mol. The molecule has 1 aliphatic heterocycles. The van der Waals surface area contributed by atoms with Gasteiger partial charge in [-0.05, 0) is 48.8 Å². The van der Waals surface area contributed by atoms with Gasteiger partial charge in [0, 0.05) is 37.3 Å². The van der Waals surface area contributed by atoms with Crippen molar-refractivity contribution in [3.63, 3.8) is 0 Å². The molecule has 1 atom stereocenters. The fraction of sp³-hybridized carbons (Fsp3) is 0.346. The van der Waals surface area contributed by atoms with E-state index in [9.17, 15) is 4.39 Å². The van der Waals surface area contributed by atoms with Crippen LogP contribution < -0.4 is 19.1 Å². The lowest BCUT2D eigenvalue weighted by Gasteiger charge is -2.33. The molecular formula is C26H26FN5O4S. The van der Waals surface area contributed by atoms with Crippen LogP contribution in [0.4, 0.5) is 10.2 Å². The van der Waals surface area contributed by atoms with Crippen molar-refractivity contribution in [2.24, 2.45) is 5.92 Å². The summed E-state index contributed by atoms with van der Waals surface area (Å²) in [5.41, 5.74) is 2.12. The number of fused-ring (bicyclic) bond motifs is 2. The van der Waals surface area contributed by atoms with E-state index in [-0.39, 0.29) is 11.7 Å². The lowest BCUT2D eigenvalue weighted by Crippen LogP contribution is -2.38. The highest BCUT2D eigenvalue weighted by molar-refractivity contribution is 7.18. The quantitative estimate of drug-likeness (QED) is 0.282. The molecule has 0 spiro atoms. The average Bonchev–Trinajstić information content (AvgIpc) is 3.60. The number of aromatic nitrogens is 4. The molecule has 5 heterocycles. The van der Waals surface area contributed by atoms with E-state index in [1.165, 1.54) is 17.4 Å². The van der Waals surface area contributed by atoms with Gasteiger partial charge in [-0.3, -0.25) is 0 Å². The largest absolute Gasteiger partial charge is 0.496 e. The number of methoxy groups -OCH3 is 2. The second-order valence-electron chi connectivity index (χ2n) is 9.16. The van der Waals surface area contributed by atoms with Crippen molar-refractivity contribution in [1.29, 1.82) is 0 Å². The van der Waals surface area contributed by atoms with Gasteiger partial charge in [-0.15, -0.1) is 5.10 Å². The van der Waals surface area contributed by atoms with Crippen LogP contribution in [0.15, 0.2) is 41.1 Å². The van der Waals surface area contributed by atoms with Crippen molar-refractivity contribution < 1.29 is 23.0 Å². The minimum atomic E-state index is -0.283. The fourth-order valence-corrected chi connectivity index (χ4v) is 5.39. The number of nitrogens with zero attached hydrogens (tertiary/aromatic N) is 5. The van der Waals surface area contributed by atoms with Crippen molar-refractivity contribution in [3.05, 3.63) is 48.0 Å². The second-order valence-corrected chi connectivity index (χ2v) is 10.1. The molecule has 1 unspecified atom stereocenters. The van der Waals surface area contributed by atoms with E-state index in [1.807, 2.05) is 30.0 Å². The molecule has 0 radical (unpaired) electrons. The summed E-state index contributed by atoms with van der Waals surface area (Å²) >= 11 is 1.35. The topological polar surface area (TPSA) is 87.2 Å². The van der Waals surface area contributed by atoms with Crippen LogP contribution in [0.25, 0.3) is 27.4 Å². The van der Waals surface area contributed by atoms with Crippen LogP contribution >= 0.6 is 11.3 Å². The van der Waals surface area contributed by atoms with Crippen molar-refractivity contribution in [2.75, 3.05) is 38.8 Å². The summed E-state index contributed by atoms with van der Waals surface area (Å²) in [5, 5.41) is 5.70. The van der Waals surface area contributed by atoms with Crippen molar-refractivity contribution in [2.45, 2.75) is 19.8 Å². The van der Waals surface area contributed by atoms with E-state index in [0.717, 1.165) is 30.3 Å². The molecule has 37 heavy (non-hydrogen) atoms. The molecule has 1 saturated heterocycles. The summed E-state index contributed by atoms with van der Waals surface area (Å²) in [4.78, 5) is 11.7. The maximum Gasteiger partial charge on any atom is 0.294 e. The number of aryl methyl sites for hydroxylation is 1. The number of hydrogen-bond acceptors (Lipinski definition) is 9. The zero-order valence-electron chi connectivity index (χ0n) is 20.7. The van der Waals surface area contributed by atoms with Crippen LogP contribution in [-0.4, -0.2) is 53.5 Å². The Morgan fingerprint density at radius 2 is 2.08 bits per heavy atom. The molecule has 0 amide bonds. The van der Waals surface area contributed by atoms with Crippen LogP contribution in [0, 0.1) is 18.7 Å². The third-order valence-corrected chi connectivity index (χ3v) is 7.40. The lowest BCUT2D eigenvalue weighted by molar-refractivity contribution is 0.229. The molecule has 5 aromatic rings. The van der Waals surface area contributed by atoms with E-state index in [1.54, 1.807) is 31.1 Å². The highest BCUT2D eigenvalue weighted by atomic mass is 32.1. The van der Waals surface area contributed by atoms with Crippen molar-refractivity contribution in [3.8, 4) is 28.1 Å². The molecule has 11 heteroatoms. The van der Waals surface area contributed by atoms with E-state index < -0.39 is 0 Å². The molecule has 6 rings (SSSR count). The normalized spacial score (nSPS) is 16.0. The van der Waals surface area contributed by atoms with Gasteiger partial charge in [0.2, 0.25) is 4.96 Å². The molecule has 1 aromatic carbocycles.